The highest BCUT2D eigenvalue weighted by Crippen LogP contribution is 2.40. The molecule has 1 saturated carbocycles. The molecule has 1 saturated heterocycles. The Hall–Kier alpha value is -2.70. The Balaban J connectivity index is 1.60. The van der Waals surface area contributed by atoms with Crippen LogP contribution in [0.15, 0.2) is 28.8 Å². The first-order valence-corrected chi connectivity index (χ1v) is 9.01. The molecule has 1 N–H and O–H groups in total. The average Bonchev–Trinajstić information content (AvgIpc) is 3.25. The second-order valence-electron chi connectivity index (χ2n) is 7.14. The standard InChI is InChI=1S/C19H21N3O4/c1-11-20-17(26-21-11)12-6-8-13(9-7-12)18(23)22-15-5-3-2-4-14(15)10-16(22)19(24)25/h6-9,14-16H,2-5,10H2,1H3,(H,24,25)/t14-,15+,16-/m0/s1. The number of likely N-dealkylation sites (tertiary alicyclic amines) is 1. The van der Waals surface area contributed by atoms with Crippen LogP contribution in [0.25, 0.3) is 11.5 Å². The van der Waals surface area contributed by atoms with E-state index in [2.05, 4.69) is 10.1 Å². The molecule has 7 nitrogen and oxygen atoms in total. The van der Waals surface area contributed by atoms with Crippen LogP contribution in [0.3, 0.4) is 0 Å². The van der Waals surface area contributed by atoms with Crippen molar-refractivity contribution in [2.24, 2.45) is 5.92 Å². The smallest absolute Gasteiger partial charge is 0.326 e. The molecule has 2 aromatic rings. The molecule has 0 spiro atoms. The highest BCUT2D eigenvalue weighted by molar-refractivity contribution is 5.97. The number of carbonyl (C=O) groups is 2. The minimum atomic E-state index is -0.911. The van der Waals surface area contributed by atoms with Crippen molar-refractivity contribution in [1.29, 1.82) is 0 Å². The van der Waals surface area contributed by atoms with Gasteiger partial charge in [0.25, 0.3) is 11.8 Å². The molecular weight excluding hydrogens is 334 g/mol. The van der Waals surface area contributed by atoms with Gasteiger partial charge in [-0.05, 0) is 56.4 Å². The number of carboxylic acid groups (broad SMARTS) is 1. The highest BCUT2D eigenvalue weighted by atomic mass is 16.5. The summed E-state index contributed by atoms with van der Waals surface area (Å²) < 4.78 is 5.14. The molecule has 0 radical (unpaired) electrons. The van der Waals surface area contributed by atoms with Crippen LogP contribution in [0, 0.1) is 12.8 Å². The fourth-order valence-electron chi connectivity index (χ4n) is 4.29. The number of aliphatic carboxylic acids is 1. The third-order valence-corrected chi connectivity index (χ3v) is 5.51. The van der Waals surface area contributed by atoms with Crippen LogP contribution in [0.5, 0.6) is 0 Å². The van der Waals surface area contributed by atoms with Crippen LogP contribution in [0.1, 0.15) is 48.3 Å². The predicted octanol–water partition coefficient (Wildman–Crippen LogP) is 2.90. The van der Waals surface area contributed by atoms with Crippen molar-refractivity contribution in [3.05, 3.63) is 35.7 Å². The summed E-state index contributed by atoms with van der Waals surface area (Å²) >= 11 is 0. The molecule has 4 rings (SSSR count). The number of fused-ring (bicyclic) bond motifs is 1. The number of aromatic nitrogens is 2. The second-order valence-corrected chi connectivity index (χ2v) is 7.14. The van der Waals surface area contributed by atoms with E-state index in [1.54, 1.807) is 36.1 Å². The van der Waals surface area contributed by atoms with Crippen molar-refractivity contribution in [2.45, 2.75) is 51.1 Å². The number of aryl methyl sites for hydroxylation is 1. The number of amides is 1. The fourth-order valence-corrected chi connectivity index (χ4v) is 4.29. The van der Waals surface area contributed by atoms with Gasteiger partial charge >= 0.3 is 5.97 Å². The maximum atomic E-state index is 13.1. The van der Waals surface area contributed by atoms with E-state index < -0.39 is 12.0 Å². The number of nitrogens with zero attached hydrogens (tertiary/aromatic N) is 3. The van der Waals surface area contributed by atoms with Gasteiger partial charge in [-0.25, -0.2) is 4.79 Å². The van der Waals surface area contributed by atoms with Crippen molar-refractivity contribution < 1.29 is 19.2 Å². The van der Waals surface area contributed by atoms with E-state index in [4.69, 9.17) is 4.52 Å². The molecule has 1 aliphatic heterocycles. The van der Waals surface area contributed by atoms with E-state index in [1.165, 1.54) is 0 Å². The van der Waals surface area contributed by atoms with Gasteiger partial charge in [0.1, 0.15) is 6.04 Å². The third-order valence-electron chi connectivity index (χ3n) is 5.51. The lowest BCUT2D eigenvalue weighted by Gasteiger charge is -2.33. The molecule has 0 unspecified atom stereocenters. The van der Waals surface area contributed by atoms with Crippen molar-refractivity contribution in [2.75, 3.05) is 0 Å². The van der Waals surface area contributed by atoms with Gasteiger partial charge in [0.2, 0.25) is 0 Å². The first kappa shape index (κ1) is 16.8. The molecule has 1 aromatic heterocycles. The van der Waals surface area contributed by atoms with E-state index in [-0.39, 0.29) is 11.9 Å². The van der Waals surface area contributed by atoms with Gasteiger partial charge in [-0.15, -0.1) is 0 Å². The Kier molecular flexibility index (Phi) is 4.22. The fraction of sp³-hybridized carbons (Fsp3) is 0.474. The van der Waals surface area contributed by atoms with Gasteiger partial charge in [-0.2, -0.15) is 4.98 Å². The molecule has 3 atom stereocenters. The Morgan fingerprint density at radius 2 is 1.92 bits per heavy atom. The number of carboxylic acids is 1. The van der Waals surface area contributed by atoms with Crippen molar-refractivity contribution >= 4 is 11.9 Å². The number of carbonyl (C=O) groups excluding carboxylic acids is 1. The number of benzene rings is 1. The van der Waals surface area contributed by atoms with Crippen molar-refractivity contribution in [3.8, 4) is 11.5 Å². The van der Waals surface area contributed by atoms with Crippen molar-refractivity contribution in [3.63, 3.8) is 0 Å². The summed E-state index contributed by atoms with van der Waals surface area (Å²) in [4.78, 5) is 30.6. The topological polar surface area (TPSA) is 96.5 Å². The zero-order valence-corrected chi connectivity index (χ0v) is 14.6. The quantitative estimate of drug-likeness (QED) is 0.909. The molecule has 1 amide bonds. The van der Waals surface area contributed by atoms with Gasteiger partial charge in [0.15, 0.2) is 5.82 Å². The van der Waals surface area contributed by atoms with E-state index in [1.807, 2.05) is 0 Å². The largest absolute Gasteiger partial charge is 0.480 e. The Labute approximate surface area is 151 Å². The van der Waals surface area contributed by atoms with Gasteiger partial charge < -0.3 is 14.5 Å². The van der Waals surface area contributed by atoms with E-state index in [0.717, 1.165) is 31.2 Å². The van der Waals surface area contributed by atoms with Crippen LogP contribution < -0.4 is 0 Å². The van der Waals surface area contributed by atoms with Crippen molar-refractivity contribution in [1.82, 2.24) is 15.0 Å². The lowest BCUT2D eigenvalue weighted by atomic mass is 9.84. The SMILES string of the molecule is Cc1noc(-c2ccc(C(=O)N3[C@@H]4CCCC[C@H]4C[C@H]3C(=O)O)cc2)n1. The summed E-state index contributed by atoms with van der Waals surface area (Å²) in [6.45, 7) is 1.74. The summed E-state index contributed by atoms with van der Waals surface area (Å²) in [7, 11) is 0. The first-order valence-electron chi connectivity index (χ1n) is 9.01. The van der Waals surface area contributed by atoms with Gasteiger partial charge in [0.05, 0.1) is 0 Å². The number of hydrogen-bond acceptors (Lipinski definition) is 5. The Morgan fingerprint density at radius 3 is 2.58 bits per heavy atom. The summed E-state index contributed by atoms with van der Waals surface area (Å²) in [5.74, 6) is 0.128. The van der Waals surface area contributed by atoms with Crippen LogP contribution >= 0.6 is 0 Å². The van der Waals surface area contributed by atoms with Crippen LogP contribution in [-0.4, -0.2) is 44.1 Å². The van der Waals surface area contributed by atoms with Crippen LogP contribution in [0.2, 0.25) is 0 Å². The van der Waals surface area contributed by atoms with E-state index in [0.29, 0.717) is 29.6 Å². The molecule has 1 aliphatic carbocycles. The maximum absolute atomic E-state index is 13.1. The Bertz CT molecular complexity index is 830. The average molecular weight is 355 g/mol. The minimum absolute atomic E-state index is 0.0376. The molecule has 136 valence electrons. The zero-order valence-electron chi connectivity index (χ0n) is 14.6. The zero-order chi connectivity index (χ0) is 18.3. The molecule has 2 heterocycles. The molecular formula is C19H21N3O4. The molecule has 0 bridgehead atoms. The van der Waals surface area contributed by atoms with Gasteiger partial charge in [-0.3, -0.25) is 4.79 Å². The first-order chi connectivity index (χ1) is 12.5. The molecule has 2 fully saturated rings. The maximum Gasteiger partial charge on any atom is 0.326 e. The molecule has 2 aliphatic rings. The Morgan fingerprint density at radius 1 is 1.19 bits per heavy atom. The lowest BCUT2D eigenvalue weighted by Crippen LogP contribution is -2.46. The molecule has 26 heavy (non-hydrogen) atoms. The second kappa shape index (κ2) is 6.55. The number of hydrogen-bond donors (Lipinski definition) is 1. The summed E-state index contributed by atoms with van der Waals surface area (Å²) in [6, 6.07) is 6.22. The third kappa shape index (κ3) is 2.87. The van der Waals surface area contributed by atoms with Crippen LogP contribution in [0.4, 0.5) is 0 Å². The monoisotopic (exact) mass is 355 g/mol. The normalized spacial score (nSPS) is 25.1. The van der Waals surface area contributed by atoms with Gasteiger partial charge in [-0.1, -0.05) is 18.0 Å². The molecule has 1 aromatic carbocycles. The highest BCUT2D eigenvalue weighted by Gasteiger charge is 2.47. The molecule has 7 heteroatoms. The predicted molar refractivity (Wildman–Crippen MR) is 92.4 cm³/mol. The summed E-state index contributed by atoms with van der Waals surface area (Å²) in [6.07, 6.45) is 4.62. The van der Waals surface area contributed by atoms with Gasteiger partial charge in [0, 0.05) is 17.2 Å². The lowest BCUT2D eigenvalue weighted by molar-refractivity contribution is -0.141. The summed E-state index contributed by atoms with van der Waals surface area (Å²) in [5.41, 5.74) is 1.22. The van der Waals surface area contributed by atoms with E-state index >= 15 is 0 Å². The minimum Gasteiger partial charge on any atom is -0.480 e. The van der Waals surface area contributed by atoms with E-state index in [9.17, 15) is 14.7 Å². The van der Waals surface area contributed by atoms with Crippen LogP contribution in [-0.2, 0) is 4.79 Å². The number of rotatable bonds is 3. The summed E-state index contributed by atoms with van der Waals surface area (Å²) in [5, 5.41) is 13.4.